The maximum Gasteiger partial charge on any atom is 0.318 e. The van der Waals surface area contributed by atoms with Crippen molar-refractivity contribution in [1.82, 2.24) is 19.9 Å². The number of nitrogens with zero attached hydrogens (tertiary/aromatic N) is 7. The molecule has 2 spiro atoms. The standard InChI is InChI=1S/C27H29ClFN7O/c1-37-25-30-16-20(28)23(33-25)34-13-14-35(27(17-34)10-11-27)22-15-21(18-3-5-19(29)6-4-18)31-24(32-22)36-12-2-7-26(36)8-9-26/h3-6,15-16H,2,7-14,17H2,1H3. The zero-order valence-electron chi connectivity index (χ0n) is 20.8. The molecular weight excluding hydrogens is 493 g/mol. The number of anilines is 3. The number of methoxy groups -OCH3 is 1. The minimum Gasteiger partial charge on any atom is -0.467 e. The summed E-state index contributed by atoms with van der Waals surface area (Å²) in [5.41, 5.74) is 1.94. The van der Waals surface area contributed by atoms with Crippen LogP contribution in [0.5, 0.6) is 6.01 Å². The van der Waals surface area contributed by atoms with Gasteiger partial charge in [0.1, 0.15) is 16.7 Å². The fourth-order valence-electron chi connectivity index (χ4n) is 6.12. The highest BCUT2D eigenvalue weighted by Gasteiger charge is 2.54. The predicted octanol–water partition coefficient (Wildman–Crippen LogP) is 4.73. The summed E-state index contributed by atoms with van der Waals surface area (Å²) in [6.45, 7) is 3.32. The fourth-order valence-corrected chi connectivity index (χ4v) is 6.33. The predicted molar refractivity (Wildman–Crippen MR) is 141 cm³/mol. The molecular formula is C27H29ClFN7O. The Kier molecular flexibility index (Phi) is 5.22. The lowest BCUT2D eigenvalue weighted by Crippen LogP contribution is -2.56. The zero-order chi connectivity index (χ0) is 25.2. The van der Waals surface area contributed by atoms with Crippen molar-refractivity contribution in [3.8, 4) is 17.3 Å². The second-order valence-electron chi connectivity index (χ2n) is 10.7. The van der Waals surface area contributed by atoms with Crippen LogP contribution in [0, 0.1) is 5.82 Å². The van der Waals surface area contributed by atoms with E-state index in [1.54, 1.807) is 25.4 Å². The molecule has 10 heteroatoms. The number of hydrogen-bond acceptors (Lipinski definition) is 8. The first kappa shape index (κ1) is 23.0. The summed E-state index contributed by atoms with van der Waals surface area (Å²) in [6, 6.07) is 8.99. The third-order valence-electron chi connectivity index (χ3n) is 8.45. The molecule has 2 saturated carbocycles. The van der Waals surface area contributed by atoms with Gasteiger partial charge in [-0.25, -0.2) is 14.4 Å². The van der Waals surface area contributed by atoms with Gasteiger partial charge in [0.15, 0.2) is 5.82 Å². The van der Waals surface area contributed by atoms with Crippen LogP contribution in [0.15, 0.2) is 36.5 Å². The number of ether oxygens (including phenoxy) is 1. The average molecular weight is 522 g/mol. The normalized spacial score (nSPS) is 21.1. The summed E-state index contributed by atoms with van der Waals surface area (Å²) in [5, 5.41) is 0.525. The van der Waals surface area contributed by atoms with E-state index in [1.807, 2.05) is 0 Å². The minimum atomic E-state index is -0.247. The molecule has 0 amide bonds. The van der Waals surface area contributed by atoms with Crippen LogP contribution >= 0.6 is 11.6 Å². The van der Waals surface area contributed by atoms with Gasteiger partial charge in [0.25, 0.3) is 0 Å². The summed E-state index contributed by atoms with van der Waals surface area (Å²) < 4.78 is 18.9. The van der Waals surface area contributed by atoms with Gasteiger partial charge < -0.3 is 19.4 Å². The molecule has 1 aromatic carbocycles. The Bertz CT molecular complexity index is 1350. The number of benzene rings is 1. The number of halogens is 2. The van der Waals surface area contributed by atoms with Crippen molar-refractivity contribution in [3.05, 3.63) is 47.4 Å². The van der Waals surface area contributed by atoms with Crippen LogP contribution < -0.4 is 19.4 Å². The molecule has 8 nitrogen and oxygen atoms in total. The smallest absolute Gasteiger partial charge is 0.318 e. The molecule has 4 heterocycles. The van der Waals surface area contributed by atoms with Gasteiger partial charge in [-0.2, -0.15) is 9.97 Å². The van der Waals surface area contributed by atoms with E-state index in [4.69, 9.17) is 26.3 Å². The van der Waals surface area contributed by atoms with Gasteiger partial charge >= 0.3 is 6.01 Å². The van der Waals surface area contributed by atoms with Crippen molar-refractivity contribution in [3.63, 3.8) is 0 Å². The Morgan fingerprint density at radius 2 is 1.70 bits per heavy atom. The monoisotopic (exact) mass is 521 g/mol. The van der Waals surface area contributed by atoms with Crippen molar-refractivity contribution in [2.45, 2.75) is 49.6 Å². The van der Waals surface area contributed by atoms with E-state index in [-0.39, 0.29) is 16.9 Å². The quantitative estimate of drug-likeness (QED) is 0.477. The molecule has 2 aromatic heterocycles. The van der Waals surface area contributed by atoms with Crippen LogP contribution in [0.3, 0.4) is 0 Å². The van der Waals surface area contributed by atoms with E-state index in [0.717, 1.165) is 62.0 Å². The second kappa shape index (κ2) is 8.41. The summed E-state index contributed by atoms with van der Waals surface area (Å²) in [5.74, 6) is 2.20. The molecule has 192 valence electrons. The molecule has 37 heavy (non-hydrogen) atoms. The van der Waals surface area contributed by atoms with Gasteiger partial charge in [-0.3, -0.25) is 0 Å². The summed E-state index contributed by atoms with van der Waals surface area (Å²) in [4.78, 5) is 26.0. The summed E-state index contributed by atoms with van der Waals surface area (Å²) in [7, 11) is 1.56. The van der Waals surface area contributed by atoms with Gasteiger partial charge in [0.05, 0.1) is 24.5 Å². The van der Waals surface area contributed by atoms with Crippen LogP contribution in [0.25, 0.3) is 11.3 Å². The van der Waals surface area contributed by atoms with E-state index in [0.29, 0.717) is 16.9 Å². The third-order valence-corrected chi connectivity index (χ3v) is 8.71. The number of piperazine rings is 1. The Morgan fingerprint density at radius 3 is 2.43 bits per heavy atom. The first-order valence-electron chi connectivity index (χ1n) is 13.0. The molecule has 2 aliphatic heterocycles. The van der Waals surface area contributed by atoms with Crippen LogP contribution in [-0.2, 0) is 0 Å². The molecule has 2 aliphatic carbocycles. The van der Waals surface area contributed by atoms with Crippen molar-refractivity contribution in [2.75, 3.05) is 48.0 Å². The number of rotatable bonds is 5. The average Bonchev–Trinajstić information content (AvgIpc) is 3.82. The largest absolute Gasteiger partial charge is 0.467 e. The lowest BCUT2D eigenvalue weighted by atomic mass is 10.1. The van der Waals surface area contributed by atoms with Crippen molar-refractivity contribution in [2.24, 2.45) is 0 Å². The lowest BCUT2D eigenvalue weighted by molar-refractivity contribution is 0.379. The van der Waals surface area contributed by atoms with Gasteiger partial charge in [0, 0.05) is 43.3 Å². The van der Waals surface area contributed by atoms with Crippen molar-refractivity contribution < 1.29 is 9.13 Å². The summed E-state index contributed by atoms with van der Waals surface area (Å²) in [6.07, 6.45) is 8.54. The van der Waals surface area contributed by atoms with E-state index < -0.39 is 0 Å². The molecule has 7 rings (SSSR count). The molecule has 4 fully saturated rings. The van der Waals surface area contributed by atoms with Gasteiger partial charge in [-0.1, -0.05) is 11.6 Å². The van der Waals surface area contributed by atoms with Crippen molar-refractivity contribution in [1.29, 1.82) is 0 Å². The number of hydrogen-bond donors (Lipinski definition) is 0. The zero-order valence-corrected chi connectivity index (χ0v) is 21.6. The molecule has 0 N–H and O–H groups in total. The maximum absolute atomic E-state index is 13.7. The van der Waals surface area contributed by atoms with Gasteiger partial charge in [0.2, 0.25) is 5.95 Å². The molecule has 2 saturated heterocycles. The molecule has 4 aliphatic rings. The SMILES string of the molecule is COc1ncc(Cl)c(N2CCN(c3cc(-c4ccc(F)cc4)nc(N4CCCC45CC5)n3)C3(CC3)C2)n1. The maximum atomic E-state index is 13.7. The highest BCUT2D eigenvalue weighted by Crippen LogP contribution is 2.52. The van der Waals surface area contributed by atoms with Crippen molar-refractivity contribution >= 4 is 29.2 Å². The Balaban J connectivity index is 1.25. The van der Waals surface area contributed by atoms with Gasteiger partial charge in [-0.05, 0) is 62.8 Å². The Morgan fingerprint density at radius 1 is 0.919 bits per heavy atom. The van der Waals surface area contributed by atoms with E-state index in [2.05, 4.69) is 30.7 Å². The molecule has 0 radical (unpaired) electrons. The Labute approximate surface area is 220 Å². The highest BCUT2D eigenvalue weighted by atomic mass is 35.5. The van der Waals surface area contributed by atoms with E-state index >= 15 is 0 Å². The Hall–Kier alpha value is -3.20. The number of aromatic nitrogens is 4. The minimum absolute atomic E-state index is 0.0340. The van der Waals surface area contributed by atoms with Gasteiger partial charge in [-0.15, -0.1) is 0 Å². The fraction of sp³-hybridized carbons (Fsp3) is 0.481. The van der Waals surface area contributed by atoms with Crippen LogP contribution in [0.4, 0.5) is 22.0 Å². The van der Waals surface area contributed by atoms with Crippen LogP contribution in [0.2, 0.25) is 5.02 Å². The van der Waals surface area contributed by atoms with E-state index in [9.17, 15) is 4.39 Å². The lowest BCUT2D eigenvalue weighted by Gasteiger charge is -2.43. The van der Waals surface area contributed by atoms with Crippen LogP contribution in [-0.4, -0.2) is 64.3 Å². The third kappa shape index (κ3) is 3.95. The molecule has 0 bridgehead atoms. The second-order valence-corrected chi connectivity index (χ2v) is 11.1. The van der Waals surface area contributed by atoms with Crippen LogP contribution in [0.1, 0.15) is 38.5 Å². The van der Waals surface area contributed by atoms with E-state index in [1.165, 1.54) is 37.8 Å². The molecule has 3 aromatic rings. The molecule has 0 unspecified atom stereocenters. The summed E-state index contributed by atoms with van der Waals surface area (Å²) >= 11 is 6.49. The topological polar surface area (TPSA) is 70.5 Å². The highest BCUT2D eigenvalue weighted by molar-refractivity contribution is 6.32. The first-order chi connectivity index (χ1) is 18.0. The molecule has 0 atom stereocenters. The first-order valence-corrected chi connectivity index (χ1v) is 13.4.